The van der Waals surface area contributed by atoms with Crippen LogP contribution in [0.25, 0.3) is 17.3 Å². The molecule has 154 valence electrons. The van der Waals surface area contributed by atoms with Gasteiger partial charge in [-0.1, -0.05) is 48.5 Å². The van der Waals surface area contributed by atoms with E-state index in [1.54, 1.807) is 11.6 Å². The van der Waals surface area contributed by atoms with Crippen molar-refractivity contribution < 1.29 is 10.0 Å². The van der Waals surface area contributed by atoms with Gasteiger partial charge < -0.3 is 0 Å². The Kier molecular flexibility index (Phi) is 6.07. The second-order valence-electron chi connectivity index (χ2n) is 7.66. The summed E-state index contributed by atoms with van der Waals surface area (Å²) >= 11 is 0. The van der Waals surface area contributed by atoms with Gasteiger partial charge in [0.25, 0.3) is 5.91 Å². The number of carbonyl (C=O) groups excluding carboxylic acids is 1. The van der Waals surface area contributed by atoms with Gasteiger partial charge in [-0.25, -0.2) is 5.48 Å². The van der Waals surface area contributed by atoms with Crippen LogP contribution in [0, 0.1) is 0 Å². The molecule has 0 radical (unpaired) electrons. The minimum Gasteiger partial charge on any atom is -0.298 e. The number of benzene rings is 2. The molecule has 0 fully saturated rings. The first kappa shape index (κ1) is 20.1. The molecule has 0 atom stereocenters. The lowest BCUT2D eigenvalue weighted by Gasteiger charge is -2.29. The molecule has 2 aromatic carbocycles. The van der Waals surface area contributed by atoms with Crippen molar-refractivity contribution in [1.82, 2.24) is 20.2 Å². The van der Waals surface area contributed by atoms with Crippen LogP contribution < -0.4 is 5.48 Å². The van der Waals surface area contributed by atoms with Crippen molar-refractivity contribution in [2.45, 2.75) is 19.4 Å². The van der Waals surface area contributed by atoms with Crippen LogP contribution in [0.3, 0.4) is 0 Å². The van der Waals surface area contributed by atoms with Crippen molar-refractivity contribution in [3.8, 4) is 11.3 Å². The molecule has 0 saturated carbocycles. The summed E-state index contributed by atoms with van der Waals surface area (Å²) in [6, 6.07) is 16.6. The number of nitrogens with one attached hydrogen (secondary N) is 1. The quantitative estimate of drug-likeness (QED) is 0.377. The van der Waals surface area contributed by atoms with E-state index in [4.69, 9.17) is 5.21 Å². The average molecular weight is 402 g/mol. The Bertz CT molecular complexity index is 1060. The first-order valence-electron chi connectivity index (χ1n) is 10.2. The summed E-state index contributed by atoms with van der Waals surface area (Å²) in [5.41, 5.74) is 8.71. The number of aryl methyl sites for hydroxylation is 1. The largest absolute Gasteiger partial charge is 0.298 e. The zero-order valence-electron chi connectivity index (χ0n) is 17.1. The fourth-order valence-corrected chi connectivity index (χ4v) is 3.98. The van der Waals surface area contributed by atoms with Gasteiger partial charge in [-0.3, -0.25) is 19.6 Å². The molecule has 3 aromatic rings. The van der Waals surface area contributed by atoms with Crippen LogP contribution in [0.15, 0.2) is 60.8 Å². The van der Waals surface area contributed by atoms with Crippen molar-refractivity contribution in [2.24, 2.45) is 7.05 Å². The van der Waals surface area contributed by atoms with Gasteiger partial charge in [0.15, 0.2) is 0 Å². The predicted molar refractivity (Wildman–Crippen MR) is 117 cm³/mol. The minimum absolute atomic E-state index is 0.528. The molecule has 2 N–H and O–H groups in total. The Morgan fingerprint density at radius 1 is 1.20 bits per heavy atom. The maximum Gasteiger partial charge on any atom is 0.267 e. The fraction of sp³-hybridized carbons (Fsp3) is 0.250. The van der Waals surface area contributed by atoms with Crippen LogP contribution in [-0.4, -0.2) is 38.9 Å². The zero-order valence-corrected chi connectivity index (χ0v) is 17.1. The second kappa shape index (κ2) is 9.07. The molecule has 1 amide bonds. The number of hydrogen-bond acceptors (Lipinski definition) is 4. The summed E-state index contributed by atoms with van der Waals surface area (Å²) in [6.45, 7) is 2.90. The molecular weight excluding hydrogens is 376 g/mol. The van der Waals surface area contributed by atoms with Crippen molar-refractivity contribution in [2.75, 3.05) is 13.1 Å². The number of fused-ring (bicyclic) bond motifs is 1. The van der Waals surface area contributed by atoms with Gasteiger partial charge in [0.2, 0.25) is 0 Å². The van der Waals surface area contributed by atoms with Crippen LogP contribution >= 0.6 is 0 Å². The van der Waals surface area contributed by atoms with Gasteiger partial charge in [-0.15, -0.1) is 0 Å². The van der Waals surface area contributed by atoms with Gasteiger partial charge in [0, 0.05) is 44.5 Å². The summed E-state index contributed by atoms with van der Waals surface area (Å²) in [5.74, 6) is -0.528. The third kappa shape index (κ3) is 4.67. The van der Waals surface area contributed by atoms with Gasteiger partial charge in [0.1, 0.15) is 0 Å². The summed E-state index contributed by atoms with van der Waals surface area (Å²) in [5, 5.41) is 13.3. The van der Waals surface area contributed by atoms with Crippen molar-refractivity contribution in [3.63, 3.8) is 0 Å². The van der Waals surface area contributed by atoms with Crippen LogP contribution in [0.1, 0.15) is 22.3 Å². The monoisotopic (exact) mass is 402 g/mol. The Balaban J connectivity index is 1.44. The summed E-state index contributed by atoms with van der Waals surface area (Å²) < 4.78 is 1.89. The normalized spacial score (nSPS) is 14.1. The molecule has 6 nitrogen and oxygen atoms in total. The van der Waals surface area contributed by atoms with E-state index in [9.17, 15) is 4.79 Å². The molecule has 0 bridgehead atoms. The third-order valence-corrected chi connectivity index (χ3v) is 5.51. The van der Waals surface area contributed by atoms with Gasteiger partial charge in [-0.2, -0.15) is 5.10 Å². The highest BCUT2D eigenvalue weighted by molar-refractivity contribution is 5.90. The van der Waals surface area contributed by atoms with E-state index >= 15 is 0 Å². The second-order valence-corrected chi connectivity index (χ2v) is 7.66. The molecule has 1 aliphatic heterocycles. The molecule has 0 unspecified atom stereocenters. The molecule has 1 aromatic heterocycles. The van der Waals surface area contributed by atoms with Crippen molar-refractivity contribution in [1.29, 1.82) is 0 Å². The molecule has 0 aliphatic carbocycles. The highest BCUT2D eigenvalue weighted by Crippen LogP contribution is 2.24. The number of aromatic nitrogens is 2. The van der Waals surface area contributed by atoms with Crippen molar-refractivity contribution in [3.05, 3.63) is 83.1 Å². The van der Waals surface area contributed by atoms with E-state index in [1.807, 2.05) is 36.0 Å². The average Bonchev–Trinajstić information content (AvgIpc) is 3.16. The number of rotatable bonds is 6. The Hall–Kier alpha value is -3.22. The Morgan fingerprint density at radius 3 is 2.83 bits per heavy atom. The first-order valence-corrected chi connectivity index (χ1v) is 10.2. The van der Waals surface area contributed by atoms with E-state index in [2.05, 4.69) is 40.5 Å². The topological polar surface area (TPSA) is 70.4 Å². The smallest absolute Gasteiger partial charge is 0.267 e. The molecule has 6 heteroatoms. The van der Waals surface area contributed by atoms with Crippen LogP contribution in [-0.2, 0) is 31.2 Å². The zero-order chi connectivity index (χ0) is 20.9. The lowest BCUT2D eigenvalue weighted by molar-refractivity contribution is -0.124. The maximum atomic E-state index is 11.2. The highest BCUT2D eigenvalue weighted by Gasteiger charge is 2.18. The summed E-state index contributed by atoms with van der Waals surface area (Å²) in [7, 11) is 1.97. The lowest BCUT2D eigenvalue weighted by atomic mass is 9.96. The standard InChI is InChI=1S/C24H26N4O2/c1-27-16-21(24(25-27)20-5-3-2-4-6-20)12-14-28-13-11-19-9-7-18(15-22(19)17-28)8-10-23(29)26-30/h2-10,15-16,30H,11-14,17H2,1H3,(H,26,29)/b10-8+. The molecular formula is C24H26N4O2. The first-order chi connectivity index (χ1) is 14.6. The highest BCUT2D eigenvalue weighted by atomic mass is 16.5. The van der Waals surface area contributed by atoms with E-state index in [1.165, 1.54) is 22.8 Å². The third-order valence-electron chi connectivity index (χ3n) is 5.51. The van der Waals surface area contributed by atoms with Crippen molar-refractivity contribution >= 4 is 12.0 Å². The fourth-order valence-electron chi connectivity index (χ4n) is 3.98. The van der Waals surface area contributed by atoms with Crippen LogP contribution in [0.5, 0.6) is 0 Å². The molecule has 1 aliphatic rings. The van der Waals surface area contributed by atoms with E-state index in [0.717, 1.165) is 49.3 Å². The van der Waals surface area contributed by atoms with Gasteiger partial charge in [0.05, 0.1) is 5.69 Å². The molecule has 0 spiro atoms. The van der Waals surface area contributed by atoms with E-state index < -0.39 is 5.91 Å². The summed E-state index contributed by atoms with van der Waals surface area (Å²) in [4.78, 5) is 13.7. The van der Waals surface area contributed by atoms with Gasteiger partial charge in [-0.05, 0) is 41.2 Å². The SMILES string of the molecule is Cn1cc(CCN2CCc3ccc(/C=C/C(=O)NO)cc3C2)c(-c2ccccc2)n1. The number of hydroxylamine groups is 1. The molecule has 30 heavy (non-hydrogen) atoms. The van der Waals surface area contributed by atoms with E-state index in [0.29, 0.717) is 0 Å². The van der Waals surface area contributed by atoms with E-state index in [-0.39, 0.29) is 0 Å². The predicted octanol–water partition coefficient (Wildman–Crippen LogP) is 3.21. The minimum atomic E-state index is -0.528. The summed E-state index contributed by atoms with van der Waals surface area (Å²) in [6.07, 6.45) is 7.14. The number of hydrogen-bond donors (Lipinski definition) is 2. The van der Waals surface area contributed by atoms with Gasteiger partial charge >= 0.3 is 0 Å². The number of amides is 1. The van der Waals surface area contributed by atoms with Crippen LogP contribution in [0.4, 0.5) is 0 Å². The molecule has 0 saturated heterocycles. The number of nitrogens with zero attached hydrogens (tertiary/aromatic N) is 3. The number of carbonyl (C=O) groups is 1. The maximum absolute atomic E-state index is 11.2. The Labute approximate surface area is 176 Å². The molecule has 2 heterocycles. The van der Waals surface area contributed by atoms with Crippen LogP contribution in [0.2, 0.25) is 0 Å². The lowest BCUT2D eigenvalue weighted by Crippen LogP contribution is -2.32. The molecule has 4 rings (SSSR count). The Morgan fingerprint density at radius 2 is 2.03 bits per heavy atom.